The quantitative estimate of drug-likeness (QED) is 0.187. The highest BCUT2D eigenvalue weighted by Gasteiger charge is 2.20. The van der Waals surface area contributed by atoms with Crippen molar-refractivity contribution in [3.63, 3.8) is 0 Å². The first-order valence-corrected chi connectivity index (χ1v) is 16.6. The highest BCUT2D eigenvalue weighted by molar-refractivity contribution is 6.13. The third kappa shape index (κ3) is 4.67. The summed E-state index contributed by atoms with van der Waals surface area (Å²) in [5.74, 6) is 1.76. The van der Waals surface area contributed by atoms with Gasteiger partial charge < -0.3 is 8.83 Å². The van der Waals surface area contributed by atoms with E-state index in [1.54, 1.807) is 0 Å². The summed E-state index contributed by atoms with van der Waals surface area (Å²) < 4.78 is 12.9. The molecule has 0 radical (unpaired) electrons. The Bertz CT molecular complexity index is 2850. The Hall–Kier alpha value is -6.85. The molecule has 50 heavy (non-hydrogen) atoms. The van der Waals surface area contributed by atoms with Crippen molar-refractivity contribution in [2.75, 3.05) is 0 Å². The Kier molecular flexibility index (Phi) is 6.42. The number of rotatable bonds is 5. The summed E-state index contributed by atoms with van der Waals surface area (Å²) in [6, 6.07) is 55.7. The molecule has 0 aliphatic heterocycles. The van der Waals surface area contributed by atoms with Crippen LogP contribution < -0.4 is 0 Å². The molecule has 10 aromatic rings. The maximum atomic E-state index is 6.84. The number of hydrogen-bond donors (Lipinski definition) is 0. The number of aromatic nitrogens is 3. The Balaban J connectivity index is 1.14. The fourth-order valence-corrected chi connectivity index (χ4v) is 6.90. The molecule has 0 atom stereocenters. The molecule has 0 spiro atoms. The molecule has 0 saturated carbocycles. The third-order valence-electron chi connectivity index (χ3n) is 9.37. The van der Waals surface area contributed by atoms with Crippen molar-refractivity contribution in [1.29, 1.82) is 0 Å². The summed E-state index contributed by atoms with van der Waals surface area (Å²) in [4.78, 5) is 15.1. The van der Waals surface area contributed by atoms with Crippen molar-refractivity contribution in [1.82, 2.24) is 15.0 Å². The molecule has 0 saturated heterocycles. The van der Waals surface area contributed by atoms with E-state index in [2.05, 4.69) is 91.0 Å². The maximum Gasteiger partial charge on any atom is 0.167 e. The highest BCUT2D eigenvalue weighted by Crippen LogP contribution is 2.41. The number of fused-ring (bicyclic) bond motifs is 6. The number of furan rings is 2. The lowest BCUT2D eigenvalue weighted by Gasteiger charge is -2.09. The van der Waals surface area contributed by atoms with Gasteiger partial charge in [0.25, 0.3) is 0 Å². The van der Waals surface area contributed by atoms with E-state index in [-0.39, 0.29) is 0 Å². The topological polar surface area (TPSA) is 65.0 Å². The van der Waals surface area contributed by atoms with Crippen LogP contribution in [0.4, 0.5) is 0 Å². The standard InChI is InChI=1S/C45H27N3O2/c1-3-11-28(12-4-1)29-21-23-31(24-22-29)44-46-43(30-13-5-2-6-14-30)47-45(48-44)37-19-10-18-36-35-17-9-16-33(41(35)50-42(36)37)32-25-26-40-38(27-32)34-15-7-8-20-39(34)49-40/h1-27H. The van der Waals surface area contributed by atoms with Crippen LogP contribution in [0.5, 0.6) is 0 Å². The molecule has 3 heterocycles. The molecular formula is C45H27N3O2. The second kappa shape index (κ2) is 11.4. The summed E-state index contributed by atoms with van der Waals surface area (Å²) in [6.45, 7) is 0. The van der Waals surface area contributed by atoms with Gasteiger partial charge in [0.15, 0.2) is 17.5 Å². The van der Waals surface area contributed by atoms with Crippen LogP contribution in [0.15, 0.2) is 173 Å². The van der Waals surface area contributed by atoms with E-state index in [1.165, 1.54) is 0 Å². The maximum absolute atomic E-state index is 6.84. The van der Waals surface area contributed by atoms with Crippen molar-refractivity contribution in [2.45, 2.75) is 0 Å². The van der Waals surface area contributed by atoms with Gasteiger partial charge in [0.2, 0.25) is 0 Å². The predicted octanol–water partition coefficient (Wildman–Crippen LogP) is 12.0. The summed E-state index contributed by atoms with van der Waals surface area (Å²) in [5.41, 5.74) is 10.3. The van der Waals surface area contributed by atoms with E-state index in [0.29, 0.717) is 17.5 Å². The van der Waals surface area contributed by atoms with Gasteiger partial charge in [0.05, 0.1) is 5.56 Å². The lowest BCUT2D eigenvalue weighted by Crippen LogP contribution is -2.00. The first kappa shape index (κ1) is 28.2. The Morgan fingerprint density at radius 3 is 1.54 bits per heavy atom. The molecule has 5 heteroatoms. The predicted molar refractivity (Wildman–Crippen MR) is 202 cm³/mol. The average Bonchev–Trinajstić information content (AvgIpc) is 3.77. The third-order valence-corrected chi connectivity index (χ3v) is 9.37. The van der Waals surface area contributed by atoms with Crippen LogP contribution in [0.1, 0.15) is 0 Å². The second-order valence-electron chi connectivity index (χ2n) is 12.4. The van der Waals surface area contributed by atoms with Gasteiger partial charge in [-0.15, -0.1) is 0 Å². The number of hydrogen-bond acceptors (Lipinski definition) is 5. The fourth-order valence-electron chi connectivity index (χ4n) is 6.90. The minimum absolute atomic E-state index is 0.554. The van der Waals surface area contributed by atoms with E-state index in [9.17, 15) is 0 Å². The van der Waals surface area contributed by atoms with Gasteiger partial charge in [-0.05, 0) is 41.0 Å². The molecule has 0 unspecified atom stereocenters. The first-order valence-electron chi connectivity index (χ1n) is 16.6. The SMILES string of the molecule is c1ccc(-c2ccc(-c3nc(-c4ccccc4)nc(-c4cccc5c4oc4c(-c6ccc7oc8ccccc8c7c6)cccc45)n3)cc2)cc1. The van der Waals surface area contributed by atoms with Gasteiger partial charge in [-0.2, -0.15) is 0 Å². The zero-order valence-corrected chi connectivity index (χ0v) is 26.7. The highest BCUT2D eigenvalue weighted by atomic mass is 16.3. The Labute approximate surface area is 287 Å². The minimum atomic E-state index is 0.554. The van der Waals surface area contributed by atoms with Crippen molar-refractivity contribution in [2.24, 2.45) is 0 Å². The smallest absolute Gasteiger partial charge is 0.167 e. The van der Waals surface area contributed by atoms with Crippen molar-refractivity contribution >= 4 is 43.9 Å². The lowest BCUT2D eigenvalue weighted by atomic mass is 10.00. The van der Waals surface area contributed by atoms with E-state index in [0.717, 1.165) is 82.8 Å². The molecule has 3 aromatic heterocycles. The van der Waals surface area contributed by atoms with Crippen LogP contribution in [0.25, 0.3) is 100 Å². The van der Waals surface area contributed by atoms with Crippen molar-refractivity contribution < 1.29 is 8.83 Å². The summed E-state index contributed by atoms with van der Waals surface area (Å²) >= 11 is 0. The van der Waals surface area contributed by atoms with Gasteiger partial charge in [-0.3, -0.25) is 0 Å². The van der Waals surface area contributed by atoms with Gasteiger partial charge in [0.1, 0.15) is 22.3 Å². The van der Waals surface area contributed by atoms with E-state index < -0.39 is 0 Å². The molecular weight excluding hydrogens is 615 g/mol. The summed E-state index contributed by atoms with van der Waals surface area (Å²) in [7, 11) is 0. The van der Waals surface area contributed by atoms with Gasteiger partial charge in [-0.1, -0.05) is 140 Å². The van der Waals surface area contributed by atoms with Crippen LogP contribution in [0.3, 0.4) is 0 Å². The molecule has 234 valence electrons. The molecule has 0 fully saturated rings. The van der Waals surface area contributed by atoms with E-state index in [4.69, 9.17) is 23.8 Å². The lowest BCUT2D eigenvalue weighted by molar-refractivity contribution is 0.668. The second-order valence-corrected chi connectivity index (χ2v) is 12.4. The molecule has 0 bridgehead atoms. The van der Waals surface area contributed by atoms with E-state index >= 15 is 0 Å². The molecule has 7 aromatic carbocycles. The Morgan fingerprint density at radius 2 is 0.800 bits per heavy atom. The zero-order valence-electron chi connectivity index (χ0n) is 26.7. The van der Waals surface area contributed by atoms with Crippen molar-refractivity contribution in [3.05, 3.63) is 164 Å². The molecule has 5 nitrogen and oxygen atoms in total. The number of para-hydroxylation sites is 3. The molecule has 10 rings (SSSR count). The monoisotopic (exact) mass is 641 g/mol. The summed E-state index contributed by atoms with van der Waals surface area (Å²) in [6.07, 6.45) is 0. The Morgan fingerprint density at radius 1 is 0.300 bits per heavy atom. The van der Waals surface area contributed by atoms with Crippen molar-refractivity contribution in [3.8, 4) is 56.4 Å². The summed E-state index contributed by atoms with van der Waals surface area (Å²) in [5, 5.41) is 4.21. The normalized spacial score (nSPS) is 11.6. The minimum Gasteiger partial charge on any atom is -0.456 e. The molecule has 0 N–H and O–H groups in total. The first-order chi connectivity index (χ1) is 24.8. The average molecular weight is 642 g/mol. The molecule has 0 aliphatic rings. The number of benzene rings is 7. The van der Waals surface area contributed by atoms with E-state index in [1.807, 2.05) is 72.8 Å². The number of nitrogens with zero attached hydrogens (tertiary/aromatic N) is 3. The van der Waals surface area contributed by atoms with Gasteiger partial charge in [0, 0.05) is 38.2 Å². The molecule has 0 amide bonds. The van der Waals surface area contributed by atoms with Gasteiger partial charge >= 0.3 is 0 Å². The zero-order chi connectivity index (χ0) is 33.0. The fraction of sp³-hybridized carbons (Fsp3) is 0. The van der Waals surface area contributed by atoms with Crippen LogP contribution in [0, 0.1) is 0 Å². The van der Waals surface area contributed by atoms with Crippen LogP contribution in [-0.2, 0) is 0 Å². The van der Waals surface area contributed by atoms with Crippen LogP contribution in [-0.4, -0.2) is 15.0 Å². The van der Waals surface area contributed by atoms with Crippen LogP contribution in [0.2, 0.25) is 0 Å². The van der Waals surface area contributed by atoms with Crippen LogP contribution >= 0.6 is 0 Å². The molecule has 0 aliphatic carbocycles. The largest absolute Gasteiger partial charge is 0.456 e. The van der Waals surface area contributed by atoms with Gasteiger partial charge in [-0.25, -0.2) is 15.0 Å².